The number of fused-ring (bicyclic) bond motifs is 2. The first-order valence-electron chi connectivity index (χ1n) is 7.89. The molecule has 1 aliphatic heterocycles. The van der Waals surface area contributed by atoms with Crippen LogP contribution >= 0.6 is 22.7 Å². The number of methoxy groups -OCH3 is 1. The highest BCUT2D eigenvalue weighted by Crippen LogP contribution is 2.39. The summed E-state index contributed by atoms with van der Waals surface area (Å²) in [5.74, 6) is 0.419. The molecule has 0 atom stereocenters. The zero-order valence-corrected chi connectivity index (χ0v) is 15.6. The van der Waals surface area contributed by atoms with Crippen LogP contribution in [0.15, 0.2) is 18.2 Å². The lowest BCUT2D eigenvalue weighted by Crippen LogP contribution is -2.27. The molecule has 3 heterocycles. The number of anilines is 2. The van der Waals surface area contributed by atoms with Crippen LogP contribution in [0.1, 0.15) is 20.8 Å². The minimum Gasteiger partial charge on any atom is -0.497 e. The Morgan fingerprint density at radius 1 is 1.40 bits per heavy atom. The van der Waals surface area contributed by atoms with Gasteiger partial charge in [0.15, 0.2) is 5.13 Å². The Morgan fingerprint density at radius 3 is 3.00 bits per heavy atom. The highest BCUT2D eigenvalue weighted by Gasteiger charge is 2.26. The molecule has 0 saturated carbocycles. The third-order valence-corrected chi connectivity index (χ3v) is 6.38. The molecule has 8 heteroatoms. The number of nitrogens with two attached hydrogens (primary N) is 1. The molecule has 1 amide bonds. The molecule has 3 N–H and O–H groups in total. The highest BCUT2D eigenvalue weighted by atomic mass is 32.1. The monoisotopic (exact) mass is 374 g/mol. The molecule has 2 aromatic heterocycles. The zero-order valence-electron chi connectivity index (χ0n) is 14.0. The number of benzene rings is 1. The predicted octanol–water partition coefficient (Wildman–Crippen LogP) is 3.20. The summed E-state index contributed by atoms with van der Waals surface area (Å²) in [5.41, 5.74) is 8.26. The van der Waals surface area contributed by atoms with Gasteiger partial charge in [-0.3, -0.25) is 4.79 Å². The maximum absolute atomic E-state index is 12.0. The summed E-state index contributed by atoms with van der Waals surface area (Å²) in [7, 11) is 3.73. The summed E-state index contributed by atoms with van der Waals surface area (Å²) >= 11 is 3.13. The van der Waals surface area contributed by atoms with Gasteiger partial charge in [0.1, 0.15) is 10.8 Å². The van der Waals surface area contributed by atoms with Gasteiger partial charge in [0, 0.05) is 18.0 Å². The topological polar surface area (TPSA) is 80.5 Å². The van der Waals surface area contributed by atoms with Crippen molar-refractivity contribution in [1.82, 2.24) is 9.88 Å². The Hall–Kier alpha value is -2.16. The smallest absolute Gasteiger partial charge is 0.251 e. The Balaban J connectivity index is 1.72. The number of hydrogen-bond acceptors (Lipinski definition) is 7. The molecule has 0 spiro atoms. The van der Waals surface area contributed by atoms with Crippen LogP contribution in [0.5, 0.6) is 5.75 Å². The summed E-state index contributed by atoms with van der Waals surface area (Å²) in [6.45, 7) is 1.78. The summed E-state index contributed by atoms with van der Waals surface area (Å²) in [4.78, 5) is 20.1. The van der Waals surface area contributed by atoms with Crippen molar-refractivity contribution < 1.29 is 9.53 Å². The van der Waals surface area contributed by atoms with Gasteiger partial charge in [0.25, 0.3) is 5.91 Å². The van der Waals surface area contributed by atoms with E-state index in [9.17, 15) is 4.79 Å². The number of nitrogens with one attached hydrogen (secondary N) is 1. The van der Waals surface area contributed by atoms with E-state index in [1.165, 1.54) is 16.2 Å². The number of carbonyl (C=O) groups excluding carboxylic acids is 1. The molecular formula is C17H18N4O2S2. The SMILES string of the molecule is COc1ccc2nc(Nc3sc4c(c3C(N)=O)CCN(C)C4)sc2c1. The molecular weight excluding hydrogens is 356 g/mol. The molecule has 0 saturated heterocycles. The van der Waals surface area contributed by atoms with E-state index >= 15 is 0 Å². The predicted molar refractivity (Wildman–Crippen MR) is 102 cm³/mol. The van der Waals surface area contributed by atoms with E-state index in [1.54, 1.807) is 18.4 Å². The Morgan fingerprint density at radius 2 is 2.24 bits per heavy atom. The van der Waals surface area contributed by atoms with E-state index < -0.39 is 0 Å². The molecule has 130 valence electrons. The quantitative estimate of drug-likeness (QED) is 0.733. The van der Waals surface area contributed by atoms with E-state index in [1.807, 2.05) is 18.2 Å². The molecule has 25 heavy (non-hydrogen) atoms. The molecule has 0 aliphatic carbocycles. The van der Waals surface area contributed by atoms with Crippen LogP contribution in [0.3, 0.4) is 0 Å². The number of thiazole rings is 1. The minimum absolute atomic E-state index is 0.382. The number of nitrogens with zero attached hydrogens (tertiary/aromatic N) is 2. The number of rotatable bonds is 4. The Kier molecular flexibility index (Phi) is 4.10. The molecule has 0 unspecified atom stereocenters. The van der Waals surface area contributed by atoms with Crippen molar-refractivity contribution in [2.24, 2.45) is 5.73 Å². The summed E-state index contributed by atoms with van der Waals surface area (Å²) in [6, 6.07) is 5.78. The zero-order chi connectivity index (χ0) is 17.6. The molecule has 4 rings (SSSR count). The van der Waals surface area contributed by atoms with Crippen LogP contribution in [0.2, 0.25) is 0 Å². The normalized spacial score (nSPS) is 14.5. The average molecular weight is 374 g/mol. The maximum atomic E-state index is 12.0. The number of carbonyl (C=O) groups is 1. The van der Waals surface area contributed by atoms with Gasteiger partial charge >= 0.3 is 0 Å². The van der Waals surface area contributed by atoms with Crippen molar-refractivity contribution in [2.75, 3.05) is 26.0 Å². The van der Waals surface area contributed by atoms with Crippen molar-refractivity contribution in [3.8, 4) is 5.75 Å². The van der Waals surface area contributed by atoms with Crippen molar-refractivity contribution in [1.29, 1.82) is 0 Å². The molecule has 3 aromatic rings. The third-order valence-electron chi connectivity index (χ3n) is 4.31. The third kappa shape index (κ3) is 2.97. The largest absolute Gasteiger partial charge is 0.497 e. The van der Waals surface area contributed by atoms with Gasteiger partial charge in [0.2, 0.25) is 0 Å². The van der Waals surface area contributed by atoms with E-state index in [4.69, 9.17) is 10.5 Å². The minimum atomic E-state index is -0.382. The first-order chi connectivity index (χ1) is 12.0. The molecule has 1 aromatic carbocycles. The molecule has 0 fully saturated rings. The van der Waals surface area contributed by atoms with Crippen LogP contribution in [0.4, 0.5) is 10.1 Å². The second-order valence-corrected chi connectivity index (χ2v) is 8.17. The lowest BCUT2D eigenvalue weighted by Gasteiger charge is -2.22. The molecule has 6 nitrogen and oxygen atoms in total. The highest BCUT2D eigenvalue weighted by molar-refractivity contribution is 7.23. The summed E-state index contributed by atoms with van der Waals surface area (Å²) in [5, 5.41) is 4.86. The van der Waals surface area contributed by atoms with Gasteiger partial charge in [-0.25, -0.2) is 4.98 Å². The number of aromatic nitrogens is 1. The van der Waals surface area contributed by atoms with E-state index in [-0.39, 0.29) is 5.91 Å². The number of thiophene rings is 1. The maximum Gasteiger partial charge on any atom is 0.251 e. The molecule has 1 aliphatic rings. The van der Waals surface area contributed by atoms with Crippen LogP contribution < -0.4 is 15.8 Å². The van der Waals surface area contributed by atoms with Crippen molar-refractivity contribution in [2.45, 2.75) is 13.0 Å². The number of hydrogen-bond donors (Lipinski definition) is 2. The van der Waals surface area contributed by atoms with E-state index in [0.29, 0.717) is 5.56 Å². The van der Waals surface area contributed by atoms with Crippen LogP contribution in [-0.2, 0) is 13.0 Å². The van der Waals surface area contributed by atoms with Crippen LogP contribution in [-0.4, -0.2) is 36.5 Å². The first-order valence-corrected chi connectivity index (χ1v) is 9.53. The second-order valence-electron chi connectivity index (χ2n) is 6.04. The molecule has 0 bridgehead atoms. The Bertz CT molecular complexity index is 963. The van der Waals surface area contributed by atoms with Gasteiger partial charge in [-0.05, 0) is 37.2 Å². The number of primary amides is 1. The van der Waals surface area contributed by atoms with Gasteiger partial charge in [-0.2, -0.15) is 0 Å². The van der Waals surface area contributed by atoms with Gasteiger partial charge < -0.3 is 20.7 Å². The number of amides is 1. The fourth-order valence-corrected chi connectivity index (χ4v) is 5.36. The van der Waals surface area contributed by atoms with Crippen molar-refractivity contribution in [3.63, 3.8) is 0 Å². The van der Waals surface area contributed by atoms with Gasteiger partial charge in [-0.1, -0.05) is 11.3 Å². The van der Waals surface area contributed by atoms with Crippen LogP contribution in [0, 0.1) is 0 Å². The average Bonchev–Trinajstić information content (AvgIpc) is 3.13. The standard InChI is InChI=1S/C17H18N4O2S2/c1-21-6-5-10-13(8-21)24-16(14(10)15(18)22)20-17-19-11-4-3-9(23-2)7-12(11)25-17/h3-4,7H,5-6,8H2,1-2H3,(H2,18,22)(H,19,20). The van der Waals surface area contributed by atoms with E-state index in [0.717, 1.165) is 51.2 Å². The second kappa shape index (κ2) is 6.29. The van der Waals surface area contributed by atoms with Gasteiger partial charge in [0.05, 0.1) is 22.9 Å². The van der Waals surface area contributed by atoms with Crippen molar-refractivity contribution in [3.05, 3.63) is 34.2 Å². The number of likely N-dealkylation sites (N-methyl/N-ethyl adjacent to an activating group) is 1. The lowest BCUT2D eigenvalue weighted by atomic mass is 10.0. The first kappa shape index (κ1) is 16.3. The fourth-order valence-electron chi connectivity index (χ4n) is 3.06. The molecule has 0 radical (unpaired) electrons. The van der Waals surface area contributed by atoms with Crippen LogP contribution in [0.25, 0.3) is 10.2 Å². The summed E-state index contributed by atoms with van der Waals surface area (Å²) in [6.07, 6.45) is 0.847. The summed E-state index contributed by atoms with van der Waals surface area (Å²) < 4.78 is 6.29. The number of ether oxygens (including phenoxy) is 1. The van der Waals surface area contributed by atoms with Crippen molar-refractivity contribution >= 4 is 48.9 Å². The Labute approximate surface area is 153 Å². The fraction of sp³-hybridized carbons (Fsp3) is 0.294. The van der Waals surface area contributed by atoms with E-state index in [2.05, 4.69) is 22.2 Å². The lowest BCUT2D eigenvalue weighted by molar-refractivity contribution is 0.1000. The van der Waals surface area contributed by atoms with Gasteiger partial charge in [-0.15, -0.1) is 11.3 Å².